The third-order valence-electron chi connectivity index (χ3n) is 2.87. The van der Waals surface area contributed by atoms with Crippen molar-refractivity contribution in [3.63, 3.8) is 0 Å². The summed E-state index contributed by atoms with van der Waals surface area (Å²) in [4.78, 5) is 23.1. The summed E-state index contributed by atoms with van der Waals surface area (Å²) in [6.45, 7) is -2.53. The number of carbonyl (C=O) groups is 2. The van der Waals surface area contributed by atoms with E-state index in [0.29, 0.717) is 11.0 Å². The minimum atomic E-state index is -4.60. The Morgan fingerprint density at radius 3 is 2.48 bits per heavy atom. The SMILES string of the molecule is O=C1Nc2cc(N(CCO)CC(F)(F)F)c(F)cc2C1=O. The van der Waals surface area contributed by atoms with Gasteiger partial charge in [-0.3, -0.25) is 9.59 Å². The quantitative estimate of drug-likeness (QED) is 0.650. The van der Waals surface area contributed by atoms with Gasteiger partial charge in [0.25, 0.3) is 11.7 Å². The van der Waals surface area contributed by atoms with Gasteiger partial charge in [-0.25, -0.2) is 4.39 Å². The zero-order valence-electron chi connectivity index (χ0n) is 10.5. The fourth-order valence-electron chi connectivity index (χ4n) is 2.02. The highest BCUT2D eigenvalue weighted by molar-refractivity contribution is 6.51. The number of Topliss-reactive ketones (excluding diaryl/α,β-unsaturated/α-hetero) is 1. The van der Waals surface area contributed by atoms with Crippen molar-refractivity contribution in [2.45, 2.75) is 6.18 Å². The molecule has 0 aromatic heterocycles. The molecule has 1 aliphatic heterocycles. The lowest BCUT2D eigenvalue weighted by atomic mass is 10.1. The molecule has 1 aromatic carbocycles. The van der Waals surface area contributed by atoms with Crippen molar-refractivity contribution in [2.24, 2.45) is 0 Å². The van der Waals surface area contributed by atoms with Crippen molar-refractivity contribution in [1.82, 2.24) is 0 Å². The van der Waals surface area contributed by atoms with E-state index in [1.807, 2.05) is 0 Å². The summed E-state index contributed by atoms with van der Waals surface area (Å²) in [6, 6.07) is 1.67. The predicted molar refractivity (Wildman–Crippen MR) is 64.7 cm³/mol. The molecule has 0 atom stereocenters. The molecule has 0 saturated carbocycles. The monoisotopic (exact) mass is 306 g/mol. The first-order valence-electron chi connectivity index (χ1n) is 5.84. The number of alkyl halides is 3. The van der Waals surface area contributed by atoms with E-state index in [4.69, 9.17) is 5.11 Å². The smallest absolute Gasteiger partial charge is 0.395 e. The van der Waals surface area contributed by atoms with Gasteiger partial charge < -0.3 is 15.3 Å². The van der Waals surface area contributed by atoms with Crippen LogP contribution in [0.4, 0.5) is 28.9 Å². The maximum Gasteiger partial charge on any atom is 0.405 e. The van der Waals surface area contributed by atoms with Crippen LogP contribution < -0.4 is 10.2 Å². The molecule has 0 bridgehead atoms. The topological polar surface area (TPSA) is 69.6 Å². The molecule has 9 heteroatoms. The van der Waals surface area contributed by atoms with Crippen LogP contribution in [0, 0.1) is 5.82 Å². The Balaban J connectivity index is 2.41. The van der Waals surface area contributed by atoms with Gasteiger partial charge in [-0.05, 0) is 12.1 Å². The van der Waals surface area contributed by atoms with Gasteiger partial charge in [0.05, 0.1) is 23.5 Å². The largest absolute Gasteiger partial charge is 0.405 e. The van der Waals surface area contributed by atoms with Crippen molar-refractivity contribution in [1.29, 1.82) is 0 Å². The Morgan fingerprint density at radius 1 is 1.24 bits per heavy atom. The lowest BCUT2D eigenvalue weighted by Gasteiger charge is -2.26. The maximum atomic E-state index is 13.9. The molecule has 5 nitrogen and oxygen atoms in total. The first-order valence-corrected chi connectivity index (χ1v) is 5.84. The Kier molecular flexibility index (Phi) is 3.86. The predicted octanol–water partition coefficient (Wildman–Crippen LogP) is 1.32. The number of aliphatic hydroxyl groups is 1. The Morgan fingerprint density at radius 2 is 1.90 bits per heavy atom. The van der Waals surface area contributed by atoms with Crippen molar-refractivity contribution in [2.75, 3.05) is 29.9 Å². The highest BCUT2D eigenvalue weighted by Gasteiger charge is 2.34. The fraction of sp³-hybridized carbons (Fsp3) is 0.333. The van der Waals surface area contributed by atoms with E-state index in [-0.39, 0.29) is 11.3 Å². The van der Waals surface area contributed by atoms with E-state index in [1.165, 1.54) is 0 Å². The van der Waals surface area contributed by atoms with Gasteiger partial charge in [-0.1, -0.05) is 0 Å². The standard InChI is InChI=1S/C12H10F4N2O3/c13-7-3-6-8(17-11(21)10(6)20)4-9(7)18(1-2-19)5-12(14,15)16/h3-4,19H,1-2,5H2,(H,17,20,21). The Hall–Kier alpha value is -2.16. The van der Waals surface area contributed by atoms with E-state index >= 15 is 0 Å². The Labute approximate surface area is 116 Å². The molecular weight excluding hydrogens is 296 g/mol. The summed E-state index contributed by atoms with van der Waals surface area (Å²) in [5.41, 5.74) is -0.723. The first kappa shape index (κ1) is 15.2. The number of anilines is 2. The summed E-state index contributed by atoms with van der Waals surface area (Å²) < 4.78 is 51.3. The molecule has 1 heterocycles. The van der Waals surface area contributed by atoms with Gasteiger partial charge >= 0.3 is 6.18 Å². The van der Waals surface area contributed by atoms with E-state index in [2.05, 4.69) is 5.32 Å². The minimum Gasteiger partial charge on any atom is -0.395 e. The molecule has 0 saturated heterocycles. The zero-order valence-corrected chi connectivity index (χ0v) is 10.5. The van der Waals surface area contributed by atoms with E-state index in [1.54, 1.807) is 0 Å². The number of benzene rings is 1. The lowest BCUT2D eigenvalue weighted by molar-refractivity contribution is -0.120. The second kappa shape index (κ2) is 5.32. The number of hydrogen-bond donors (Lipinski definition) is 2. The van der Waals surface area contributed by atoms with Crippen LogP contribution in [0.5, 0.6) is 0 Å². The fourth-order valence-corrected chi connectivity index (χ4v) is 2.02. The van der Waals surface area contributed by atoms with Gasteiger partial charge in [0.2, 0.25) is 0 Å². The average Bonchev–Trinajstić information content (AvgIpc) is 2.63. The first-order chi connectivity index (χ1) is 9.73. The summed E-state index contributed by atoms with van der Waals surface area (Å²) in [7, 11) is 0. The summed E-state index contributed by atoms with van der Waals surface area (Å²) >= 11 is 0. The van der Waals surface area contributed by atoms with Crippen LogP contribution in [0.3, 0.4) is 0 Å². The third kappa shape index (κ3) is 3.13. The molecule has 1 amide bonds. The molecule has 2 rings (SSSR count). The zero-order chi connectivity index (χ0) is 15.8. The van der Waals surface area contributed by atoms with Crippen LogP contribution in [0.25, 0.3) is 0 Å². The van der Waals surface area contributed by atoms with Crippen LogP contribution in [0.15, 0.2) is 12.1 Å². The van der Waals surface area contributed by atoms with E-state index < -0.39 is 49.1 Å². The van der Waals surface area contributed by atoms with E-state index in [0.717, 1.165) is 6.07 Å². The van der Waals surface area contributed by atoms with Gasteiger partial charge in [-0.2, -0.15) is 13.2 Å². The van der Waals surface area contributed by atoms with Crippen LogP contribution in [-0.4, -0.2) is 42.7 Å². The summed E-state index contributed by atoms with van der Waals surface area (Å²) in [6.07, 6.45) is -4.60. The van der Waals surface area contributed by atoms with Crippen molar-refractivity contribution in [3.8, 4) is 0 Å². The van der Waals surface area contributed by atoms with Crippen LogP contribution in [-0.2, 0) is 4.79 Å². The molecule has 1 aromatic rings. The van der Waals surface area contributed by atoms with Crippen molar-refractivity contribution >= 4 is 23.1 Å². The lowest BCUT2D eigenvalue weighted by Crippen LogP contribution is -2.36. The van der Waals surface area contributed by atoms with Crippen LogP contribution in [0.2, 0.25) is 0 Å². The van der Waals surface area contributed by atoms with Gasteiger partial charge in [-0.15, -0.1) is 0 Å². The molecule has 0 spiro atoms. The molecule has 0 fully saturated rings. The number of aliphatic hydroxyl groups excluding tert-OH is 1. The second-order valence-electron chi connectivity index (χ2n) is 4.39. The number of nitrogens with one attached hydrogen (secondary N) is 1. The molecule has 114 valence electrons. The number of carbonyl (C=O) groups excluding carboxylic acids is 2. The molecule has 2 N–H and O–H groups in total. The molecule has 0 unspecified atom stereocenters. The molecule has 0 radical (unpaired) electrons. The third-order valence-corrected chi connectivity index (χ3v) is 2.87. The molecular formula is C12H10F4N2O3. The second-order valence-corrected chi connectivity index (χ2v) is 4.39. The normalized spacial score (nSPS) is 14.1. The maximum absolute atomic E-state index is 13.9. The van der Waals surface area contributed by atoms with Crippen molar-refractivity contribution in [3.05, 3.63) is 23.5 Å². The molecule has 1 aliphatic rings. The Bertz CT molecular complexity index is 601. The van der Waals surface area contributed by atoms with Crippen molar-refractivity contribution < 1.29 is 32.3 Å². The van der Waals surface area contributed by atoms with Gasteiger partial charge in [0.15, 0.2) is 0 Å². The highest BCUT2D eigenvalue weighted by Crippen LogP contribution is 2.32. The van der Waals surface area contributed by atoms with Crippen LogP contribution in [0.1, 0.15) is 10.4 Å². The van der Waals surface area contributed by atoms with E-state index in [9.17, 15) is 27.2 Å². The van der Waals surface area contributed by atoms with Gasteiger partial charge in [0, 0.05) is 6.54 Å². The molecule has 0 aliphatic carbocycles. The highest BCUT2D eigenvalue weighted by atomic mass is 19.4. The number of fused-ring (bicyclic) bond motifs is 1. The summed E-state index contributed by atoms with van der Waals surface area (Å²) in [5.74, 6) is -2.98. The number of halogens is 4. The number of amides is 1. The van der Waals surface area contributed by atoms with Crippen LogP contribution >= 0.6 is 0 Å². The summed E-state index contributed by atoms with van der Waals surface area (Å²) in [5, 5.41) is 11.0. The van der Waals surface area contributed by atoms with Gasteiger partial charge in [0.1, 0.15) is 12.4 Å². The number of nitrogens with zero attached hydrogens (tertiary/aromatic N) is 1. The average molecular weight is 306 g/mol. The number of rotatable bonds is 4. The number of hydrogen-bond acceptors (Lipinski definition) is 4. The minimum absolute atomic E-state index is 0.0495. The number of ketones is 1. The molecule has 21 heavy (non-hydrogen) atoms.